The number of nitrogens with zero attached hydrogens (tertiary/aromatic N) is 1. The van der Waals surface area contributed by atoms with Crippen molar-refractivity contribution in [1.29, 1.82) is 0 Å². The van der Waals surface area contributed by atoms with E-state index in [4.69, 9.17) is 0 Å². The smallest absolute Gasteiger partial charge is 0.340 e. The minimum Gasteiger partial charge on any atom is -0.340 e. The van der Waals surface area contributed by atoms with Crippen molar-refractivity contribution >= 4 is 11.8 Å². The van der Waals surface area contributed by atoms with Crippen LogP contribution in [0.15, 0.2) is 0 Å². The van der Waals surface area contributed by atoms with Gasteiger partial charge in [0.1, 0.15) is 11.6 Å². The van der Waals surface area contributed by atoms with Gasteiger partial charge in [-0.1, -0.05) is 13.8 Å². The van der Waals surface area contributed by atoms with E-state index >= 15 is 0 Å². The SMILES string of the molecule is CCC1(CC)NC(=O)C(C)N(CCC(F)(F)F)C1=O. The summed E-state index contributed by atoms with van der Waals surface area (Å²) >= 11 is 0. The van der Waals surface area contributed by atoms with Gasteiger partial charge in [-0.2, -0.15) is 13.2 Å². The summed E-state index contributed by atoms with van der Waals surface area (Å²) in [7, 11) is 0. The second-order valence-electron chi connectivity index (χ2n) is 4.82. The molecule has 1 heterocycles. The molecule has 110 valence electrons. The van der Waals surface area contributed by atoms with Crippen molar-refractivity contribution in [2.75, 3.05) is 6.54 Å². The normalized spacial score (nSPS) is 23.5. The van der Waals surface area contributed by atoms with Gasteiger partial charge in [0.05, 0.1) is 6.42 Å². The van der Waals surface area contributed by atoms with Crippen LogP contribution in [0.4, 0.5) is 13.2 Å². The number of amides is 2. The summed E-state index contributed by atoms with van der Waals surface area (Å²) < 4.78 is 36.8. The predicted octanol–water partition coefficient (Wildman–Crippen LogP) is 1.84. The molecule has 1 aliphatic rings. The summed E-state index contributed by atoms with van der Waals surface area (Å²) in [6.07, 6.45) is -4.71. The summed E-state index contributed by atoms with van der Waals surface area (Å²) in [4.78, 5) is 25.2. The highest BCUT2D eigenvalue weighted by Crippen LogP contribution is 2.27. The highest BCUT2D eigenvalue weighted by molar-refractivity contribution is 5.99. The lowest BCUT2D eigenvalue weighted by atomic mass is 9.87. The van der Waals surface area contributed by atoms with Crippen molar-refractivity contribution < 1.29 is 22.8 Å². The number of piperazine rings is 1. The standard InChI is InChI=1S/C12H19F3N2O2/c1-4-11(5-2)10(19)17(7-6-12(13,14)15)8(3)9(18)16-11/h8H,4-7H2,1-3H3,(H,16,18). The highest BCUT2D eigenvalue weighted by atomic mass is 19.4. The molecule has 0 aromatic rings. The molecule has 0 aliphatic carbocycles. The molecule has 0 spiro atoms. The van der Waals surface area contributed by atoms with Crippen molar-refractivity contribution in [1.82, 2.24) is 10.2 Å². The maximum atomic E-state index is 12.3. The van der Waals surface area contributed by atoms with Gasteiger partial charge in [0, 0.05) is 6.54 Å². The quantitative estimate of drug-likeness (QED) is 0.854. The maximum absolute atomic E-state index is 12.3. The molecule has 2 amide bonds. The van der Waals surface area contributed by atoms with Gasteiger partial charge in [-0.05, 0) is 19.8 Å². The Morgan fingerprint density at radius 2 is 1.79 bits per heavy atom. The lowest BCUT2D eigenvalue weighted by molar-refractivity contribution is -0.162. The molecular formula is C12H19F3N2O2. The van der Waals surface area contributed by atoms with E-state index in [2.05, 4.69) is 5.32 Å². The van der Waals surface area contributed by atoms with Crippen LogP contribution in [0.2, 0.25) is 0 Å². The van der Waals surface area contributed by atoms with Crippen molar-refractivity contribution in [3.63, 3.8) is 0 Å². The lowest BCUT2D eigenvalue weighted by Gasteiger charge is -2.44. The molecule has 0 bridgehead atoms. The van der Waals surface area contributed by atoms with E-state index in [0.29, 0.717) is 12.8 Å². The summed E-state index contributed by atoms with van der Waals surface area (Å²) in [5.74, 6) is -0.820. The topological polar surface area (TPSA) is 49.4 Å². The summed E-state index contributed by atoms with van der Waals surface area (Å²) in [6, 6.07) is -0.860. The molecule has 4 nitrogen and oxygen atoms in total. The van der Waals surface area contributed by atoms with Crippen LogP contribution in [0.3, 0.4) is 0 Å². The molecule has 1 unspecified atom stereocenters. The van der Waals surface area contributed by atoms with Crippen LogP contribution in [0.1, 0.15) is 40.0 Å². The number of halogens is 3. The number of nitrogens with one attached hydrogen (secondary N) is 1. The third kappa shape index (κ3) is 3.19. The molecule has 1 rings (SSSR count). The van der Waals surface area contributed by atoms with Crippen LogP contribution in [0.25, 0.3) is 0 Å². The molecule has 1 atom stereocenters. The van der Waals surface area contributed by atoms with Crippen molar-refractivity contribution in [2.45, 2.75) is 57.8 Å². The average Bonchev–Trinajstić information content (AvgIpc) is 2.32. The average molecular weight is 280 g/mol. The molecule has 0 aromatic heterocycles. The monoisotopic (exact) mass is 280 g/mol. The van der Waals surface area contributed by atoms with Crippen LogP contribution >= 0.6 is 0 Å². The molecule has 1 N–H and O–H groups in total. The van der Waals surface area contributed by atoms with E-state index in [1.165, 1.54) is 6.92 Å². The minimum atomic E-state index is -4.34. The molecule has 0 radical (unpaired) electrons. The first kappa shape index (κ1) is 15.8. The zero-order chi connectivity index (χ0) is 14.8. The Hall–Kier alpha value is -1.27. The van der Waals surface area contributed by atoms with Crippen molar-refractivity contribution in [2.24, 2.45) is 0 Å². The van der Waals surface area contributed by atoms with E-state index in [1.807, 2.05) is 0 Å². The zero-order valence-corrected chi connectivity index (χ0v) is 11.3. The predicted molar refractivity (Wildman–Crippen MR) is 63.3 cm³/mol. The van der Waals surface area contributed by atoms with Gasteiger partial charge in [0.15, 0.2) is 0 Å². The number of hydrogen-bond donors (Lipinski definition) is 1. The maximum Gasteiger partial charge on any atom is 0.390 e. The Bertz CT molecular complexity index is 364. The number of hydrogen-bond acceptors (Lipinski definition) is 2. The van der Waals surface area contributed by atoms with E-state index in [1.54, 1.807) is 13.8 Å². The van der Waals surface area contributed by atoms with Gasteiger partial charge >= 0.3 is 6.18 Å². The summed E-state index contributed by atoms with van der Waals surface area (Å²) in [6.45, 7) is 4.44. The fourth-order valence-electron chi connectivity index (χ4n) is 2.26. The third-order valence-corrected chi connectivity index (χ3v) is 3.72. The Labute approximate surface area is 110 Å². The van der Waals surface area contributed by atoms with Crippen LogP contribution in [0.5, 0.6) is 0 Å². The molecular weight excluding hydrogens is 261 g/mol. The lowest BCUT2D eigenvalue weighted by Crippen LogP contribution is -2.69. The first-order valence-electron chi connectivity index (χ1n) is 6.36. The molecule has 0 saturated carbocycles. The fourth-order valence-corrected chi connectivity index (χ4v) is 2.26. The minimum absolute atomic E-state index is 0.364. The van der Waals surface area contributed by atoms with E-state index in [0.717, 1.165) is 4.90 Å². The Morgan fingerprint density at radius 3 is 2.21 bits per heavy atom. The van der Waals surface area contributed by atoms with E-state index in [9.17, 15) is 22.8 Å². The molecule has 1 aliphatic heterocycles. The van der Waals surface area contributed by atoms with Crippen molar-refractivity contribution in [3.8, 4) is 0 Å². The Balaban J connectivity index is 2.93. The van der Waals surface area contributed by atoms with E-state index < -0.39 is 42.5 Å². The molecule has 19 heavy (non-hydrogen) atoms. The first-order valence-corrected chi connectivity index (χ1v) is 6.36. The van der Waals surface area contributed by atoms with Gasteiger partial charge in [-0.15, -0.1) is 0 Å². The molecule has 1 saturated heterocycles. The summed E-state index contributed by atoms with van der Waals surface area (Å²) in [5, 5.41) is 2.64. The van der Waals surface area contributed by atoms with Crippen LogP contribution < -0.4 is 5.32 Å². The largest absolute Gasteiger partial charge is 0.390 e. The van der Waals surface area contributed by atoms with Crippen molar-refractivity contribution in [3.05, 3.63) is 0 Å². The number of carbonyl (C=O) groups is 2. The Kier molecular flexibility index (Phi) is 4.47. The molecule has 1 fully saturated rings. The van der Waals surface area contributed by atoms with Gasteiger partial charge in [0.2, 0.25) is 11.8 Å². The van der Waals surface area contributed by atoms with E-state index in [-0.39, 0.29) is 0 Å². The number of carbonyl (C=O) groups excluding carboxylic acids is 2. The van der Waals surface area contributed by atoms with Gasteiger partial charge in [-0.3, -0.25) is 9.59 Å². The Morgan fingerprint density at radius 1 is 1.26 bits per heavy atom. The second kappa shape index (κ2) is 5.38. The second-order valence-corrected chi connectivity index (χ2v) is 4.82. The van der Waals surface area contributed by atoms with Gasteiger partial charge in [0.25, 0.3) is 0 Å². The van der Waals surface area contributed by atoms with Crippen LogP contribution in [0, 0.1) is 0 Å². The van der Waals surface area contributed by atoms with Gasteiger partial charge < -0.3 is 10.2 Å². The number of alkyl halides is 3. The summed E-state index contributed by atoms with van der Waals surface area (Å²) in [5.41, 5.74) is -1.06. The molecule has 7 heteroatoms. The zero-order valence-electron chi connectivity index (χ0n) is 11.3. The third-order valence-electron chi connectivity index (χ3n) is 3.72. The number of rotatable bonds is 4. The van der Waals surface area contributed by atoms with Crippen LogP contribution in [-0.4, -0.2) is 41.0 Å². The van der Waals surface area contributed by atoms with Crippen LogP contribution in [-0.2, 0) is 9.59 Å². The fraction of sp³-hybridized carbons (Fsp3) is 0.833. The van der Waals surface area contributed by atoms with Gasteiger partial charge in [-0.25, -0.2) is 0 Å². The highest BCUT2D eigenvalue weighted by Gasteiger charge is 2.47. The molecule has 0 aromatic carbocycles. The first-order chi connectivity index (χ1) is 8.67.